The van der Waals surface area contributed by atoms with Crippen LogP contribution < -0.4 is 21.2 Å². The van der Waals surface area contributed by atoms with Gasteiger partial charge in [-0.05, 0) is 174 Å². The van der Waals surface area contributed by atoms with Gasteiger partial charge in [-0.15, -0.1) is 0 Å². The Morgan fingerprint density at radius 2 is 0.650 bits per heavy atom. The Bertz CT molecular complexity index is 1300. The van der Waals surface area contributed by atoms with Gasteiger partial charge in [-0.1, -0.05) is 72.8 Å². The van der Waals surface area contributed by atoms with Crippen LogP contribution in [0.3, 0.4) is 0 Å². The van der Waals surface area contributed by atoms with Gasteiger partial charge in [0, 0.05) is 0 Å². The third-order valence-electron chi connectivity index (χ3n) is 9.62. The molecule has 0 spiro atoms. The van der Waals surface area contributed by atoms with Crippen molar-refractivity contribution in [3.8, 4) is 0 Å². The average Bonchev–Trinajstić information content (AvgIpc) is 2.91. The summed E-state index contributed by atoms with van der Waals surface area (Å²) in [6.07, 6.45) is 5.38. The number of rotatable bonds is 8. The molecule has 0 nitrogen and oxygen atoms in total. The molecule has 2 heteroatoms. The Morgan fingerprint density at radius 3 is 0.850 bits per heavy atom. The highest BCUT2D eigenvalue weighted by Gasteiger charge is 2.36. The van der Waals surface area contributed by atoms with E-state index in [1.807, 2.05) is 0 Å². The lowest BCUT2D eigenvalue weighted by molar-refractivity contribution is 0.228. The molecule has 0 bridgehead atoms. The third kappa shape index (κ3) is 6.30. The lowest BCUT2D eigenvalue weighted by Gasteiger charge is -2.41. The Kier molecular flexibility index (Phi) is 9.00. The normalized spacial score (nSPS) is 16.9. The fraction of sp³-hybridized carbons (Fsp3) is 0.368. The molecular weight excluding hydrogens is 518 g/mol. The number of hydrogen-bond acceptors (Lipinski definition) is 0. The first kappa shape index (κ1) is 29.2. The maximum Gasteiger partial charge on any atom is -0.0192 e. The van der Waals surface area contributed by atoms with E-state index in [0.29, 0.717) is 0 Å². The van der Waals surface area contributed by atoms with Crippen LogP contribution in [0, 0.1) is 67.2 Å². The van der Waals surface area contributed by atoms with Crippen molar-refractivity contribution in [2.45, 2.75) is 68.2 Å². The van der Waals surface area contributed by atoms with Crippen LogP contribution in [-0.4, -0.2) is 12.3 Å². The molecule has 0 amide bonds. The van der Waals surface area contributed by atoms with Gasteiger partial charge in [-0.2, -0.15) is 0 Å². The molecule has 4 aromatic carbocycles. The SMILES string of the molecule is Cc1ccc(P(CC2CCC2CP(c2ccc(C)c(C)c2)c2ccc(C)c(C)c2)c2ccc(C)c(C)c2)cc1C. The van der Waals surface area contributed by atoms with E-state index in [-0.39, 0.29) is 15.8 Å². The molecule has 4 aromatic rings. The zero-order valence-electron chi connectivity index (χ0n) is 25.8. The Hall–Kier alpha value is -2.26. The topological polar surface area (TPSA) is 0 Å². The maximum atomic E-state index is 2.49. The second-order valence-corrected chi connectivity index (χ2v) is 16.9. The number of aryl methyl sites for hydroxylation is 8. The number of hydrogen-bond donors (Lipinski definition) is 0. The van der Waals surface area contributed by atoms with Gasteiger partial charge in [0.2, 0.25) is 0 Å². The second-order valence-electron chi connectivity index (χ2n) is 12.4. The van der Waals surface area contributed by atoms with E-state index in [0.717, 1.165) is 11.8 Å². The molecule has 0 aromatic heterocycles. The van der Waals surface area contributed by atoms with Crippen LogP contribution >= 0.6 is 15.8 Å². The minimum Gasteiger partial charge on any atom is -0.0584 e. The van der Waals surface area contributed by atoms with Crippen molar-refractivity contribution >= 4 is 37.1 Å². The first-order valence-electron chi connectivity index (χ1n) is 14.9. The molecule has 0 heterocycles. The van der Waals surface area contributed by atoms with E-state index < -0.39 is 0 Å². The van der Waals surface area contributed by atoms with Crippen molar-refractivity contribution in [2.24, 2.45) is 11.8 Å². The summed E-state index contributed by atoms with van der Waals surface area (Å²) in [5.74, 6) is 1.61. The third-order valence-corrected chi connectivity index (χ3v) is 14.9. The summed E-state index contributed by atoms with van der Waals surface area (Å²) in [5.41, 5.74) is 11.3. The lowest BCUT2D eigenvalue weighted by Crippen LogP contribution is -2.35. The van der Waals surface area contributed by atoms with Gasteiger partial charge in [-0.3, -0.25) is 0 Å². The maximum absolute atomic E-state index is 2.49. The fourth-order valence-corrected chi connectivity index (χ4v) is 11.6. The van der Waals surface area contributed by atoms with Crippen molar-refractivity contribution in [2.75, 3.05) is 12.3 Å². The molecule has 1 fully saturated rings. The van der Waals surface area contributed by atoms with E-state index in [1.54, 1.807) is 21.2 Å². The van der Waals surface area contributed by atoms with Crippen molar-refractivity contribution < 1.29 is 0 Å². The smallest absolute Gasteiger partial charge is 0.0192 e. The first-order valence-corrected chi connectivity index (χ1v) is 18.0. The molecule has 0 radical (unpaired) electrons. The molecule has 1 aliphatic carbocycles. The van der Waals surface area contributed by atoms with E-state index in [1.165, 1.54) is 69.7 Å². The summed E-state index contributed by atoms with van der Waals surface area (Å²) in [7, 11) is -0.748. The van der Waals surface area contributed by atoms with Crippen LogP contribution in [0.4, 0.5) is 0 Å². The summed E-state index contributed by atoms with van der Waals surface area (Å²) < 4.78 is 0. The highest BCUT2D eigenvalue weighted by atomic mass is 31.1. The lowest BCUT2D eigenvalue weighted by atomic mass is 9.76. The average molecular weight is 565 g/mol. The molecule has 0 aliphatic heterocycles. The fourth-order valence-electron chi connectivity index (χ4n) is 5.88. The van der Waals surface area contributed by atoms with Crippen molar-refractivity contribution in [3.63, 3.8) is 0 Å². The molecule has 208 valence electrons. The molecule has 40 heavy (non-hydrogen) atoms. The summed E-state index contributed by atoms with van der Waals surface area (Å²) >= 11 is 0. The van der Waals surface area contributed by atoms with Crippen LogP contribution in [0.15, 0.2) is 72.8 Å². The highest BCUT2D eigenvalue weighted by Crippen LogP contribution is 2.50. The van der Waals surface area contributed by atoms with Gasteiger partial charge in [0.25, 0.3) is 0 Å². The molecule has 2 unspecified atom stereocenters. The van der Waals surface area contributed by atoms with E-state index in [2.05, 4.69) is 128 Å². The van der Waals surface area contributed by atoms with Gasteiger partial charge >= 0.3 is 0 Å². The zero-order chi connectivity index (χ0) is 28.6. The van der Waals surface area contributed by atoms with Crippen molar-refractivity contribution in [1.82, 2.24) is 0 Å². The molecule has 1 saturated carbocycles. The predicted octanol–water partition coefficient (Wildman–Crippen LogP) is 8.75. The van der Waals surface area contributed by atoms with Crippen LogP contribution in [-0.2, 0) is 0 Å². The van der Waals surface area contributed by atoms with E-state index in [4.69, 9.17) is 0 Å². The number of benzene rings is 4. The summed E-state index contributed by atoms with van der Waals surface area (Å²) in [6.45, 7) is 18.1. The van der Waals surface area contributed by atoms with Crippen molar-refractivity contribution in [3.05, 3.63) is 117 Å². The van der Waals surface area contributed by atoms with Crippen LogP contribution in [0.25, 0.3) is 0 Å². The van der Waals surface area contributed by atoms with E-state index in [9.17, 15) is 0 Å². The monoisotopic (exact) mass is 564 g/mol. The largest absolute Gasteiger partial charge is 0.0584 e. The van der Waals surface area contributed by atoms with Gasteiger partial charge in [-0.25, -0.2) is 0 Å². The standard InChI is InChI=1S/C38H46P2/c1-25-9-15-35(19-29(25)5)39(36-16-10-26(2)30(6)20-36)23-33-13-14-34(33)24-40(37-17-11-27(3)31(7)21-37)38-18-12-28(4)32(8)22-38/h9-12,15-22,33-34H,13-14,23-24H2,1-8H3. The van der Waals surface area contributed by atoms with E-state index >= 15 is 0 Å². The summed E-state index contributed by atoms with van der Waals surface area (Å²) in [6, 6.07) is 29.0. The zero-order valence-corrected chi connectivity index (χ0v) is 27.6. The quantitative estimate of drug-likeness (QED) is 0.188. The Labute approximate surface area is 246 Å². The summed E-state index contributed by atoms with van der Waals surface area (Å²) in [4.78, 5) is 0. The molecule has 1 aliphatic rings. The minimum absolute atomic E-state index is 0.374. The van der Waals surface area contributed by atoms with Gasteiger partial charge < -0.3 is 0 Å². The van der Waals surface area contributed by atoms with Crippen LogP contribution in [0.2, 0.25) is 0 Å². The molecular formula is C38H46P2. The molecule has 0 N–H and O–H groups in total. The molecule has 0 saturated heterocycles. The van der Waals surface area contributed by atoms with Gasteiger partial charge in [0.05, 0.1) is 0 Å². The molecule has 2 atom stereocenters. The minimum atomic E-state index is -0.374. The first-order chi connectivity index (χ1) is 19.1. The highest BCUT2D eigenvalue weighted by molar-refractivity contribution is 7.73. The van der Waals surface area contributed by atoms with Crippen molar-refractivity contribution in [1.29, 1.82) is 0 Å². The van der Waals surface area contributed by atoms with Gasteiger partial charge in [0.15, 0.2) is 0 Å². The summed E-state index contributed by atoms with van der Waals surface area (Å²) in [5, 5.41) is 6.21. The Morgan fingerprint density at radius 1 is 0.400 bits per heavy atom. The van der Waals surface area contributed by atoms with Crippen LogP contribution in [0.1, 0.15) is 57.3 Å². The van der Waals surface area contributed by atoms with Gasteiger partial charge in [0.1, 0.15) is 0 Å². The molecule has 5 rings (SSSR count). The van der Waals surface area contributed by atoms with Crippen LogP contribution in [0.5, 0.6) is 0 Å². The second kappa shape index (κ2) is 12.3. The predicted molar refractivity (Wildman–Crippen MR) is 182 cm³/mol. The Balaban J connectivity index is 1.45.